The molecule has 1 N–H and O–H groups in total. The molecule has 190 valence electrons. The summed E-state index contributed by atoms with van der Waals surface area (Å²) in [5.41, 5.74) is 4.71. The number of benzene rings is 1. The normalized spacial score (nSPS) is 23.4. The van der Waals surface area contributed by atoms with Gasteiger partial charge >= 0.3 is 0 Å². The van der Waals surface area contributed by atoms with E-state index in [1.54, 1.807) is 30.5 Å². The van der Waals surface area contributed by atoms with Crippen LogP contribution in [-0.2, 0) is 11.8 Å². The molecule has 1 saturated heterocycles. The summed E-state index contributed by atoms with van der Waals surface area (Å²) in [6.45, 7) is 3.65. The molecule has 1 aliphatic heterocycles. The van der Waals surface area contributed by atoms with E-state index in [0.717, 1.165) is 54.9 Å². The maximum absolute atomic E-state index is 13.3. The maximum atomic E-state index is 13.3. The van der Waals surface area contributed by atoms with Crippen molar-refractivity contribution in [3.8, 4) is 6.07 Å². The van der Waals surface area contributed by atoms with Crippen molar-refractivity contribution in [2.75, 3.05) is 18.4 Å². The Labute approximate surface area is 217 Å². The number of nitrogens with zero attached hydrogens (tertiary/aromatic N) is 4. The van der Waals surface area contributed by atoms with Crippen molar-refractivity contribution >= 4 is 28.5 Å². The van der Waals surface area contributed by atoms with Gasteiger partial charge in [0.1, 0.15) is 5.65 Å². The molecule has 3 aromatic rings. The fourth-order valence-electron chi connectivity index (χ4n) is 7.09. The number of nitrogens with one attached hydrogen (secondary N) is 1. The van der Waals surface area contributed by atoms with Crippen LogP contribution in [0.1, 0.15) is 71.5 Å². The molecule has 3 heterocycles. The Bertz CT molecular complexity index is 1430. The highest BCUT2D eigenvalue weighted by molar-refractivity contribution is 6.06. The van der Waals surface area contributed by atoms with Crippen molar-refractivity contribution in [1.82, 2.24) is 14.5 Å². The Morgan fingerprint density at radius 2 is 1.95 bits per heavy atom. The quantitative estimate of drug-likeness (QED) is 0.542. The molecule has 3 atom stereocenters. The smallest absolute Gasteiger partial charge is 0.255 e. The van der Waals surface area contributed by atoms with E-state index in [1.807, 2.05) is 14.0 Å². The number of fused-ring (bicyclic) bond motifs is 3. The summed E-state index contributed by atoms with van der Waals surface area (Å²) in [6, 6.07) is 8.78. The molecule has 3 aliphatic rings. The zero-order chi connectivity index (χ0) is 25.7. The molecule has 1 unspecified atom stereocenters. The van der Waals surface area contributed by atoms with E-state index in [9.17, 15) is 9.59 Å². The number of rotatable bonds is 4. The highest BCUT2D eigenvalue weighted by Crippen LogP contribution is 2.49. The van der Waals surface area contributed by atoms with Crippen molar-refractivity contribution < 1.29 is 9.59 Å². The molecule has 7 heteroatoms. The monoisotopic (exact) mass is 495 g/mol. The van der Waals surface area contributed by atoms with Crippen LogP contribution in [0.2, 0.25) is 0 Å². The minimum atomic E-state index is -0.258. The average Bonchev–Trinajstić information content (AvgIpc) is 3.65. The second kappa shape index (κ2) is 9.33. The molecule has 2 aromatic heterocycles. The van der Waals surface area contributed by atoms with Crippen LogP contribution in [0, 0.1) is 36.0 Å². The van der Waals surface area contributed by atoms with Crippen LogP contribution >= 0.6 is 0 Å². The fourth-order valence-corrected chi connectivity index (χ4v) is 7.09. The Kier molecular flexibility index (Phi) is 5.98. The van der Waals surface area contributed by atoms with Gasteiger partial charge in [-0.1, -0.05) is 12.5 Å². The van der Waals surface area contributed by atoms with E-state index in [1.165, 1.54) is 24.8 Å². The second-order valence-corrected chi connectivity index (χ2v) is 11.2. The van der Waals surface area contributed by atoms with Crippen molar-refractivity contribution in [1.29, 1.82) is 5.26 Å². The first kappa shape index (κ1) is 23.7. The number of pyridine rings is 1. The summed E-state index contributed by atoms with van der Waals surface area (Å²) < 4.78 is 2.06. The second-order valence-electron chi connectivity index (χ2n) is 11.2. The predicted octanol–water partition coefficient (Wildman–Crippen LogP) is 5.15. The average molecular weight is 496 g/mol. The number of nitriles is 1. The summed E-state index contributed by atoms with van der Waals surface area (Å²) in [5.74, 6) is 2.16. The Balaban J connectivity index is 1.21. The van der Waals surface area contributed by atoms with E-state index < -0.39 is 0 Å². The van der Waals surface area contributed by atoms with Gasteiger partial charge in [-0.3, -0.25) is 9.59 Å². The van der Waals surface area contributed by atoms with Gasteiger partial charge in [0.15, 0.2) is 0 Å². The van der Waals surface area contributed by atoms with Gasteiger partial charge in [-0.15, -0.1) is 0 Å². The van der Waals surface area contributed by atoms with Crippen LogP contribution in [0.3, 0.4) is 0 Å². The Morgan fingerprint density at radius 1 is 1.14 bits per heavy atom. The standard InChI is InChI=1S/C30H33N5O2/c1-18-26(33-29(36)23-5-3-4-20(13-23)15-31)16-32-28-27(18)25(17-34(28)2)21-8-10-35(11-9-21)30(37)24-14-19-6-7-22(24)12-19/h3-5,13,16-17,19,21-22,24H,6-12,14H2,1-2H3,(H,33,36)/t19-,22?,24-/m0/s1. The molecule has 7 nitrogen and oxygen atoms in total. The third kappa shape index (κ3) is 4.19. The molecule has 2 bridgehead atoms. The number of aromatic nitrogens is 2. The van der Waals surface area contributed by atoms with Crippen LogP contribution < -0.4 is 5.32 Å². The lowest BCUT2D eigenvalue weighted by atomic mass is 9.85. The molecule has 0 radical (unpaired) electrons. The molecule has 3 fully saturated rings. The third-order valence-corrected chi connectivity index (χ3v) is 9.08. The molecule has 6 rings (SSSR count). The van der Waals surface area contributed by atoms with Gasteiger partial charge in [0, 0.05) is 43.2 Å². The largest absolute Gasteiger partial charge is 0.342 e. The minimum absolute atomic E-state index is 0.258. The molecule has 37 heavy (non-hydrogen) atoms. The van der Waals surface area contributed by atoms with Crippen LogP contribution in [0.5, 0.6) is 0 Å². The SMILES string of the molecule is Cc1c(NC(=O)c2cccc(C#N)c2)cnc2c1c(C1CCN(C(=O)[C@H]3C[C@H]4CCC3C4)CC1)cn2C. The molecule has 1 aromatic carbocycles. The lowest BCUT2D eigenvalue weighted by Crippen LogP contribution is -2.42. The lowest BCUT2D eigenvalue weighted by Gasteiger charge is -2.35. The highest BCUT2D eigenvalue weighted by atomic mass is 16.2. The zero-order valence-electron chi connectivity index (χ0n) is 21.5. The number of hydrogen-bond acceptors (Lipinski definition) is 4. The first-order chi connectivity index (χ1) is 17.9. The first-order valence-electron chi connectivity index (χ1n) is 13.5. The van der Waals surface area contributed by atoms with E-state index in [-0.39, 0.29) is 11.8 Å². The van der Waals surface area contributed by atoms with Crippen LogP contribution in [0.15, 0.2) is 36.7 Å². The number of carbonyl (C=O) groups is 2. The maximum Gasteiger partial charge on any atom is 0.255 e. The zero-order valence-corrected chi connectivity index (χ0v) is 21.5. The Hall–Kier alpha value is -3.66. The lowest BCUT2D eigenvalue weighted by molar-refractivity contribution is -0.138. The molecule has 0 spiro atoms. The van der Waals surface area contributed by atoms with E-state index >= 15 is 0 Å². The van der Waals surface area contributed by atoms with E-state index in [0.29, 0.717) is 34.6 Å². The fraction of sp³-hybridized carbons (Fsp3) is 0.467. The topological polar surface area (TPSA) is 91.0 Å². The number of anilines is 1. The van der Waals surface area contributed by atoms with Gasteiger partial charge in [0.2, 0.25) is 5.91 Å². The summed E-state index contributed by atoms with van der Waals surface area (Å²) in [6.07, 6.45) is 10.7. The van der Waals surface area contributed by atoms with Crippen LogP contribution in [0.25, 0.3) is 11.0 Å². The van der Waals surface area contributed by atoms with Crippen molar-refractivity contribution in [2.24, 2.45) is 24.8 Å². The van der Waals surface area contributed by atoms with Crippen molar-refractivity contribution in [2.45, 2.75) is 51.4 Å². The number of aryl methyl sites for hydroxylation is 2. The highest BCUT2D eigenvalue weighted by Gasteiger charge is 2.44. The van der Waals surface area contributed by atoms with Crippen LogP contribution in [0.4, 0.5) is 5.69 Å². The summed E-state index contributed by atoms with van der Waals surface area (Å²) in [7, 11) is 2.01. The number of amides is 2. The van der Waals surface area contributed by atoms with Gasteiger partial charge in [0.05, 0.1) is 23.5 Å². The number of hydrogen-bond donors (Lipinski definition) is 1. The third-order valence-electron chi connectivity index (χ3n) is 9.08. The molecule has 2 saturated carbocycles. The predicted molar refractivity (Wildman–Crippen MR) is 142 cm³/mol. The summed E-state index contributed by atoms with van der Waals surface area (Å²) in [5, 5.41) is 13.3. The Morgan fingerprint density at radius 3 is 2.65 bits per heavy atom. The van der Waals surface area contributed by atoms with Gasteiger partial charge < -0.3 is 14.8 Å². The van der Waals surface area contributed by atoms with E-state index in [4.69, 9.17) is 5.26 Å². The summed E-state index contributed by atoms with van der Waals surface area (Å²) in [4.78, 5) is 33.0. The van der Waals surface area contributed by atoms with Crippen molar-refractivity contribution in [3.05, 3.63) is 58.9 Å². The van der Waals surface area contributed by atoms with Crippen LogP contribution in [-0.4, -0.2) is 39.4 Å². The molecule has 2 amide bonds. The number of likely N-dealkylation sites (tertiary alicyclic amines) is 1. The molecule has 2 aliphatic carbocycles. The number of carbonyl (C=O) groups excluding carboxylic acids is 2. The van der Waals surface area contributed by atoms with Gasteiger partial charge in [-0.25, -0.2) is 4.98 Å². The number of piperidine rings is 1. The van der Waals surface area contributed by atoms with Gasteiger partial charge in [-0.2, -0.15) is 5.26 Å². The first-order valence-corrected chi connectivity index (χ1v) is 13.5. The van der Waals surface area contributed by atoms with Gasteiger partial charge in [-0.05, 0) is 86.1 Å². The summed E-state index contributed by atoms with van der Waals surface area (Å²) >= 11 is 0. The van der Waals surface area contributed by atoms with Crippen molar-refractivity contribution in [3.63, 3.8) is 0 Å². The minimum Gasteiger partial charge on any atom is -0.342 e. The molecular weight excluding hydrogens is 462 g/mol. The van der Waals surface area contributed by atoms with Gasteiger partial charge in [0.25, 0.3) is 5.91 Å². The molecular formula is C30H33N5O2. The van der Waals surface area contributed by atoms with E-state index in [2.05, 4.69) is 32.0 Å².